The second-order valence-corrected chi connectivity index (χ2v) is 5.39. The molecule has 2 aromatic rings. The third-order valence-electron chi connectivity index (χ3n) is 3.25. The van der Waals surface area contributed by atoms with E-state index in [-0.39, 0.29) is 11.9 Å². The molecular weight excluding hydrogens is 334 g/mol. The number of amides is 3. The number of benzene rings is 2. The van der Waals surface area contributed by atoms with E-state index in [1.807, 2.05) is 31.2 Å². The maximum atomic E-state index is 11.8. The van der Waals surface area contributed by atoms with Crippen LogP contribution in [-0.2, 0) is 4.79 Å². The molecule has 7 nitrogen and oxygen atoms in total. The summed E-state index contributed by atoms with van der Waals surface area (Å²) < 4.78 is 10.9. The highest BCUT2D eigenvalue weighted by Gasteiger charge is 2.02. The Balaban J connectivity index is 1.67. The Morgan fingerprint density at radius 3 is 1.92 bits per heavy atom. The lowest BCUT2D eigenvalue weighted by Crippen LogP contribution is -2.32. The van der Waals surface area contributed by atoms with Crippen molar-refractivity contribution in [2.24, 2.45) is 0 Å². The number of rotatable bonds is 8. The zero-order valence-electron chi connectivity index (χ0n) is 14.9. The van der Waals surface area contributed by atoms with E-state index in [4.69, 9.17) is 9.47 Å². The van der Waals surface area contributed by atoms with Crippen LogP contribution in [-0.4, -0.2) is 31.7 Å². The van der Waals surface area contributed by atoms with Gasteiger partial charge in [-0.2, -0.15) is 0 Å². The normalized spacial score (nSPS) is 9.92. The molecule has 0 bridgehead atoms. The smallest absolute Gasteiger partial charge is 0.319 e. The monoisotopic (exact) mass is 357 g/mol. The van der Waals surface area contributed by atoms with Gasteiger partial charge in [-0.3, -0.25) is 4.79 Å². The quantitative estimate of drug-likeness (QED) is 0.633. The molecule has 0 radical (unpaired) electrons. The van der Waals surface area contributed by atoms with Gasteiger partial charge in [-0.05, 0) is 55.5 Å². The summed E-state index contributed by atoms with van der Waals surface area (Å²) in [5, 5.41) is 8.08. The van der Waals surface area contributed by atoms with Crippen molar-refractivity contribution in [1.82, 2.24) is 5.32 Å². The average molecular weight is 357 g/mol. The lowest BCUT2D eigenvalue weighted by molar-refractivity contribution is -0.114. The molecule has 0 aliphatic rings. The summed E-state index contributed by atoms with van der Waals surface area (Å²) in [6.45, 7) is 4.70. The topological polar surface area (TPSA) is 88.7 Å². The van der Waals surface area contributed by atoms with Crippen LogP contribution >= 0.6 is 0 Å². The largest absolute Gasteiger partial charge is 0.494 e. The van der Waals surface area contributed by atoms with Gasteiger partial charge in [-0.15, -0.1) is 0 Å². The van der Waals surface area contributed by atoms with Crippen molar-refractivity contribution >= 4 is 23.3 Å². The predicted molar refractivity (Wildman–Crippen MR) is 101 cm³/mol. The van der Waals surface area contributed by atoms with Crippen molar-refractivity contribution in [3.63, 3.8) is 0 Å². The first-order valence-electron chi connectivity index (χ1n) is 8.35. The molecule has 0 aliphatic carbocycles. The van der Waals surface area contributed by atoms with E-state index in [0.717, 1.165) is 5.75 Å². The van der Waals surface area contributed by atoms with Crippen LogP contribution in [0.15, 0.2) is 48.5 Å². The molecule has 0 aromatic heterocycles. The van der Waals surface area contributed by atoms with Crippen molar-refractivity contribution in [1.29, 1.82) is 0 Å². The molecule has 0 unspecified atom stereocenters. The molecule has 0 spiro atoms. The third-order valence-corrected chi connectivity index (χ3v) is 3.25. The van der Waals surface area contributed by atoms with E-state index < -0.39 is 0 Å². The van der Waals surface area contributed by atoms with E-state index in [2.05, 4.69) is 16.0 Å². The van der Waals surface area contributed by atoms with Crippen molar-refractivity contribution in [3.05, 3.63) is 48.5 Å². The Kier molecular flexibility index (Phi) is 7.30. The van der Waals surface area contributed by atoms with Crippen LogP contribution in [0.25, 0.3) is 0 Å². The SMILES string of the molecule is CCOc1ccc(OCCNC(=O)Nc2ccc(NC(C)=O)cc2)cc1. The minimum atomic E-state index is -0.326. The highest BCUT2D eigenvalue weighted by molar-refractivity contribution is 5.91. The fourth-order valence-corrected chi connectivity index (χ4v) is 2.15. The lowest BCUT2D eigenvalue weighted by Gasteiger charge is -2.10. The molecule has 3 N–H and O–H groups in total. The minimum absolute atomic E-state index is 0.143. The summed E-state index contributed by atoms with van der Waals surface area (Å²) in [5.41, 5.74) is 1.30. The van der Waals surface area contributed by atoms with Crippen LogP contribution < -0.4 is 25.4 Å². The molecule has 26 heavy (non-hydrogen) atoms. The highest BCUT2D eigenvalue weighted by atomic mass is 16.5. The molecule has 0 aliphatic heterocycles. The number of urea groups is 1. The van der Waals surface area contributed by atoms with Crippen molar-refractivity contribution in [2.45, 2.75) is 13.8 Å². The summed E-state index contributed by atoms with van der Waals surface area (Å²) in [6.07, 6.45) is 0. The molecular formula is C19H23N3O4. The van der Waals surface area contributed by atoms with Gasteiger partial charge in [0.2, 0.25) is 5.91 Å². The van der Waals surface area contributed by atoms with Gasteiger partial charge in [-0.1, -0.05) is 0 Å². The molecule has 0 fully saturated rings. The maximum absolute atomic E-state index is 11.8. The Morgan fingerprint density at radius 2 is 1.38 bits per heavy atom. The second-order valence-electron chi connectivity index (χ2n) is 5.39. The van der Waals surface area contributed by atoms with E-state index in [0.29, 0.717) is 36.9 Å². The zero-order chi connectivity index (χ0) is 18.8. The number of nitrogens with one attached hydrogen (secondary N) is 3. The van der Waals surface area contributed by atoms with Crippen LogP contribution in [0.4, 0.5) is 16.2 Å². The molecule has 2 rings (SSSR count). The predicted octanol–water partition coefficient (Wildman–Crippen LogP) is 3.24. The summed E-state index contributed by atoms with van der Waals surface area (Å²) >= 11 is 0. The Bertz CT molecular complexity index is 715. The number of ether oxygens (including phenoxy) is 2. The Hall–Kier alpha value is -3.22. The van der Waals surface area contributed by atoms with Crippen LogP contribution in [0.3, 0.4) is 0 Å². The zero-order valence-corrected chi connectivity index (χ0v) is 14.9. The molecule has 0 saturated heterocycles. The van der Waals surface area contributed by atoms with Gasteiger partial charge in [0, 0.05) is 18.3 Å². The molecule has 0 atom stereocenters. The molecule has 0 heterocycles. The van der Waals surface area contributed by atoms with Gasteiger partial charge in [0.1, 0.15) is 18.1 Å². The van der Waals surface area contributed by atoms with Gasteiger partial charge in [0.15, 0.2) is 0 Å². The first-order valence-corrected chi connectivity index (χ1v) is 8.35. The summed E-state index contributed by atoms with van der Waals surface area (Å²) in [7, 11) is 0. The van der Waals surface area contributed by atoms with Gasteiger partial charge in [-0.25, -0.2) is 4.79 Å². The molecule has 7 heteroatoms. The fraction of sp³-hybridized carbons (Fsp3) is 0.263. The van der Waals surface area contributed by atoms with E-state index in [1.165, 1.54) is 6.92 Å². The van der Waals surface area contributed by atoms with Gasteiger partial charge >= 0.3 is 6.03 Å². The number of hydrogen-bond acceptors (Lipinski definition) is 4. The average Bonchev–Trinajstić information content (AvgIpc) is 2.62. The van der Waals surface area contributed by atoms with E-state index in [9.17, 15) is 9.59 Å². The van der Waals surface area contributed by atoms with Crippen molar-refractivity contribution < 1.29 is 19.1 Å². The van der Waals surface area contributed by atoms with Crippen LogP contribution in [0.2, 0.25) is 0 Å². The van der Waals surface area contributed by atoms with E-state index in [1.54, 1.807) is 24.3 Å². The second kappa shape index (κ2) is 9.93. The van der Waals surface area contributed by atoms with Crippen LogP contribution in [0, 0.1) is 0 Å². The van der Waals surface area contributed by atoms with Crippen LogP contribution in [0.5, 0.6) is 11.5 Å². The summed E-state index contributed by atoms with van der Waals surface area (Å²) in [5.74, 6) is 1.36. The lowest BCUT2D eigenvalue weighted by atomic mass is 10.3. The number of hydrogen-bond donors (Lipinski definition) is 3. The fourth-order valence-electron chi connectivity index (χ4n) is 2.15. The third kappa shape index (κ3) is 6.72. The van der Waals surface area contributed by atoms with Gasteiger partial charge in [0.25, 0.3) is 0 Å². The van der Waals surface area contributed by atoms with Gasteiger partial charge in [0.05, 0.1) is 13.2 Å². The maximum Gasteiger partial charge on any atom is 0.319 e. The molecule has 138 valence electrons. The highest BCUT2D eigenvalue weighted by Crippen LogP contribution is 2.17. The molecule has 0 saturated carbocycles. The first-order chi connectivity index (χ1) is 12.6. The number of carbonyl (C=O) groups is 2. The van der Waals surface area contributed by atoms with E-state index >= 15 is 0 Å². The minimum Gasteiger partial charge on any atom is -0.494 e. The molecule has 2 aromatic carbocycles. The Labute approximate surface area is 152 Å². The van der Waals surface area contributed by atoms with Gasteiger partial charge < -0.3 is 25.4 Å². The summed E-state index contributed by atoms with van der Waals surface area (Å²) in [6, 6.07) is 13.8. The standard InChI is InChI=1S/C19H23N3O4/c1-3-25-17-8-10-18(11-9-17)26-13-12-20-19(24)22-16-6-4-15(5-7-16)21-14(2)23/h4-11H,3,12-13H2,1-2H3,(H,21,23)(H2,20,22,24). The number of anilines is 2. The molecule has 3 amide bonds. The Morgan fingerprint density at radius 1 is 0.846 bits per heavy atom. The van der Waals surface area contributed by atoms with Crippen molar-refractivity contribution in [2.75, 3.05) is 30.4 Å². The summed E-state index contributed by atoms with van der Waals surface area (Å²) in [4.78, 5) is 22.8. The van der Waals surface area contributed by atoms with Crippen LogP contribution in [0.1, 0.15) is 13.8 Å². The van der Waals surface area contributed by atoms with Crippen molar-refractivity contribution in [3.8, 4) is 11.5 Å². The number of carbonyl (C=O) groups excluding carboxylic acids is 2. The first kappa shape index (κ1) is 19.1.